The lowest BCUT2D eigenvalue weighted by Gasteiger charge is -2.21. The van der Waals surface area contributed by atoms with Gasteiger partial charge in [-0.15, -0.1) is 0 Å². The summed E-state index contributed by atoms with van der Waals surface area (Å²) < 4.78 is 1.80. The van der Waals surface area contributed by atoms with E-state index in [0.717, 1.165) is 12.1 Å². The molecule has 2 atom stereocenters. The van der Waals surface area contributed by atoms with Gasteiger partial charge in [0.15, 0.2) is 0 Å². The van der Waals surface area contributed by atoms with Crippen LogP contribution in [0.4, 0.5) is 5.69 Å². The topological polar surface area (TPSA) is 38.1 Å². The number of anilines is 1. The van der Waals surface area contributed by atoms with Crippen LogP contribution in [0, 0.1) is 5.92 Å². The van der Waals surface area contributed by atoms with Crippen LogP contribution in [0.5, 0.6) is 0 Å². The fraction of sp³-hybridized carbons (Fsp3) is 0.375. The molecule has 4 nitrogen and oxygen atoms in total. The highest BCUT2D eigenvalue weighted by molar-refractivity contribution is 5.97. The van der Waals surface area contributed by atoms with Gasteiger partial charge in [-0.2, -0.15) is 5.10 Å². The minimum Gasteiger partial charge on any atom is -0.312 e. The molecule has 4 heteroatoms. The zero-order valence-corrected chi connectivity index (χ0v) is 11.9. The second-order valence-electron chi connectivity index (χ2n) is 5.31. The molecule has 3 rings (SSSR count). The summed E-state index contributed by atoms with van der Waals surface area (Å²) in [5.74, 6) is 0.681. The lowest BCUT2D eigenvalue weighted by Crippen LogP contribution is -2.32. The quantitative estimate of drug-likeness (QED) is 0.855. The van der Waals surface area contributed by atoms with E-state index < -0.39 is 0 Å². The average Bonchev–Trinajstić information content (AvgIpc) is 3.16. The molecule has 0 N–H and O–H groups in total. The normalized spacial score (nSPS) is 20.7. The van der Waals surface area contributed by atoms with Crippen molar-refractivity contribution in [2.24, 2.45) is 13.0 Å². The first kappa shape index (κ1) is 12.9. The Kier molecular flexibility index (Phi) is 3.30. The summed E-state index contributed by atoms with van der Waals surface area (Å²) >= 11 is 0. The highest BCUT2D eigenvalue weighted by Crippen LogP contribution is 2.48. The number of hydrogen-bond donors (Lipinski definition) is 0. The minimum absolute atomic E-state index is 0.111. The SMILES string of the molecule is CCN(C(=O)C1CC1c1cnn(C)c1)c1ccccc1. The number of aryl methyl sites for hydroxylation is 1. The van der Waals surface area contributed by atoms with E-state index in [4.69, 9.17) is 0 Å². The van der Waals surface area contributed by atoms with Crippen molar-refractivity contribution in [2.75, 3.05) is 11.4 Å². The van der Waals surface area contributed by atoms with Crippen LogP contribution in [-0.2, 0) is 11.8 Å². The molecule has 1 heterocycles. The van der Waals surface area contributed by atoms with Crippen molar-refractivity contribution >= 4 is 11.6 Å². The fourth-order valence-electron chi connectivity index (χ4n) is 2.74. The molecule has 0 spiro atoms. The van der Waals surface area contributed by atoms with Crippen LogP contribution in [0.25, 0.3) is 0 Å². The molecule has 20 heavy (non-hydrogen) atoms. The van der Waals surface area contributed by atoms with Gasteiger partial charge in [-0.1, -0.05) is 18.2 Å². The van der Waals surface area contributed by atoms with Crippen molar-refractivity contribution in [1.29, 1.82) is 0 Å². The summed E-state index contributed by atoms with van der Waals surface area (Å²) in [5, 5.41) is 4.19. The number of nitrogens with zero attached hydrogens (tertiary/aromatic N) is 3. The van der Waals surface area contributed by atoms with Gasteiger partial charge in [-0.25, -0.2) is 0 Å². The van der Waals surface area contributed by atoms with E-state index in [1.54, 1.807) is 4.68 Å². The summed E-state index contributed by atoms with van der Waals surface area (Å²) in [6, 6.07) is 9.89. The number of benzene rings is 1. The van der Waals surface area contributed by atoms with E-state index in [1.807, 2.05) is 61.6 Å². The van der Waals surface area contributed by atoms with E-state index in [0.29, 0.717) is 12.5 Å². The smallest absolute Gasteiger partial charge is 0.230 e. The second kappa shape index (κ2) is 5.12. The Morgan fingerprint density at radius 3 is 2.75 bits per heavy atom. The van der Waals surface area contributed by atoms with Gasteiger partial charge in [-0.3, -0.25) is 9.48 Å². The first-order chi connectivity index (χ1) is 9.70. The number of carbonyl (C=O) groups excluding carboxylic acids is 1. The van der Waals surface area contributed by atoms with Crippen LogP contribution in [-0.4, -0.2) is 22.2 Å². The third kappa shape index (κ3) is 2.33. The Bertz CT molecular complexity index is 605. The number of para-hydroxylation sites is 1. The number of rotatable bonds is 4. The molecule has 1 aliphatic carbocycles. The Hall–Kier alpha value is -2.10. The molecule has 2 unspecified atom stereocenters. The highest BCUT2D eigenvalue weighted by Gasteiger charge is 2.46. The lowest BCUT2D eigenvalue weighted by molar-refractivity contribution is -0.119. The summed E-state index contributed by atoms with van der Waals surface area (Å²) in [7, 11) is 1.91. The number of amides is 1. The standard InChI is InChI=1S/C16H19N3O/c1-3-19(13-7-5-4-6-8-13)16(20)15-9-14(15)12-10-17-18(2)11-12/h4-8,10-11,14-15H,3,9H2,1-2H3. The van der Waals surface area contributed by atoms with Crippen molar-refractivity contribution in [3.8, 4) is 0 Å². The maximum atomic E-state index is 12.6. The van der Waals surface area contributed by atoms with Gasteiger partial charge >= 0.3 is 0 Å². The predicted molar refractivity (Wildman–Crippen MR) is 78.5 cm³/mol. The van der Waals surface area contributed by atoms with Gasteiger partial charge in [0.25, 0.3) is 0 Å². The second-order valence-corrected chi connectivity index (χ2v) is 5.31. The fourth-order valence-corrected chi connectivity index (χ4v) is 2.74. The van der Waals surface area contributed by atoms with Crippen LogP contribution in [0.3, 0.4) is 0 Å². The molecule has 2 aromatic rings. The van der Waals surface area contributed by atoms with E-state index in [1.165, 1.54) is 5.56 Å². The van der Waals surface area contributed by atoms with Crippen molar-refractivity contribution in [3.05, 3.63) is 48.3 Å². The minimum atomic E-state index is 0.111. The Balaban J connectivity index is 1.73. The maximum Gasteiger partial charge on any atom is 0.230 e. The molecular weight excluding hydrogens is 250 g/mol. The molecule has 1 aromatic heterocycles. The van der Waals surface area contributed by atoms with Crippen molar-refractivity contribution in [3.63, 3.8) is 0 Å². The van der Waals surface area contributed by atoms with Crippen LogP contribution < -0.4 is 4.90 Å². The summed E-state index contributed by atoms with van der Waals surface area (Å²) in [5.41, 5.74) is 2.16. The van der Waals surface area contributed by atoms with Gasteiger partial charge in [0.2, 0.25) is 5.91 Å². The van der Waals surface area contributed by atoms with Crippen molar-refractivity contribution < 1.29 is 4.79 Å². The first-order valence-corrected chi connectivity index (χ1v) is 7.05. The molecule has 1 saturated carbocycles. The van der Waals surface area contributed by atoms with E-state index in [9.17, 15) is 4.79 Å². The zero-order chi connectivity index (χ0) is 14.1. The molecule has 1 amide bonds. The van der Waals surface area contributed by atoms with Crippen molar-refractivity contribution in [2.45, 2.75) is 19.3 Å². The molecule has 0 bridgehead atoms. The lowest BCUT2D eigenvalue weighted by atomic mass is 10.1. The number of hydrogen-bond acceptors (Lipinski definition) is 2. The van der Waals surface area contributed by atoms with E-state index in [-0.39, 0.29) is 11.8 Å². The Morgan fingerprint density at radius 1 is 1.40 bits per heavy atom. The van der Waals surface area contributed by atoms with E-state index in [2.05, 4.69) is 5.10 Å². The molecule has 1 fully saturated rings. The van der Waals surface area contributed by atoms with Gasteiger partial charge in [-0.05, 0) is 37.0 Å². The number of carbonyl (C=O) groups is 1. The van der Waals surface area contributed by atoms with Crippen LogP contribution in [0.1, 0.15) is 24.8 Å². The molecule has 1 aliphatic rings. The maximum absolute atomic E-state index is 12.6. The van der Waals surface area contributed by atoms with E-state index >= 15 is 0 Å². The Labute approximate surface area is 119 Å². The molecule has 1 aromatic carbocycles. The van der Waals surface area contributed by atoms with Gasteiger partial charge in [0.1, 0.15) is 0 Å². The molecule has 104 valence electrons. The number of aromatic nitrogens is 2. The molecule has 0 aliphatic heterocycles. The average molecular weight is 269 g/mol. The summed E-state index contributed by atoms with van der Waals surface area (Å²) in [4.78, 5) is 14.5. The molecule has 0 radical (unpaired) electrons. The third-order valence-corrected chi connectivity index (χ3v) is 3.91. The van der Waals surface area contributed by atoms with Crippen LogP contribution in [0.15, 0.2) is 42.7 Å². The third-order valence-electron chi connectivity index (χ3n) is 3.91. The monoisotopic (exact) mass is 269 g/mol. The van der Waals surface area contributed by atoms with Gasteiger partial charge in [0, 0.05) is 31.4 Å². The van der Waals surface area contributed by atoms with Gasteiger partial charge < -0.3 is 4.90 Å². The summed E-state index contributed by atoms with van der Waals surface area (Å²) in [6.45, 7) is 2.73. The zero-order valence-electron chi connectivity index (χ0n) is 11.9. The first-order valence-electron chi connectivity index (χ1n) is 7.05. The van der Waals surface area contributed by atoms with Crippen LogP contribution in [0.2, 0.25) is 0 Å². The highest BCUT2D eigenvalue weighted by atomic mass is 16.2. The molecular formula is C16H19N3O. The van der Waals surface area contributed by atoms with Crippen LogP contribution >= 0.6 is 0 Å². The van der Waals surface area contributed by atoms with Gasteiger partial charge in [0.05, 0.1) is 6.20 Å². The largest absolute Gasteiger partial charge is 0.312 e. The Morgan fingerprint density at radius 2 is 2.15 bits per heavy atom. The predicted octanol–water partition coefficient (Wildman–Crippen LogP) is 2.58. The van der Waals surface area contributed by atoms with Crippen molar-refractivity contribution in [1.82, 2.24) is 9.78 Å². The summed E-state index contributed by atoms with van der Waals surface area (Å²) in [6.07, 6.45) is 4.82. The molecule has 0 saturated heterocycles.